The van der Waals surface area contributed by atoms with Crippen molar-refractivity contribution in [2.24, 2.45) is 0 Å². The van der Waals surface area contributed by atoms with Crippen LogP contribution in [0.3, 0.4) is 0 Å². The number of amides is 1. The molecular formula is C27H22Cl2N4O3. The van der Waals surface area contributed by atoms with E-state index in [1.807, 2.05) is 31.3 Å². The Morgan fingerprint density at radius 3 is 2.53 bits per heavy atom. The van der Waals surface area contributed by atoms with Gasteiger partial charge in [0, 0.05) is 46.8 Å². The van der Waals surface area contributed by atoms with Crippen molar-refractivity contribution in [3.05, 3.63) is 93.9 Å². The van der Waals surface area contributed by atoms with Gasteiger partial charge in [0.05, 0.1) is 28.5 Å². The zero-order valence-electron chi connectivity index (χ0n) is 19.5. The molecule has 0 radical (unpaired) electrons. The molecule has 0 atom stereocenters. The van der Waals surface area contributed by atoms with Crippen molar-refractivity contribution in [2.45, 2.75) is 6.54 Å². The molecule has 0 unspecified atom stereocenters. The Hall–Kier alpha value is -3.78. The highest BCUT2D eigenvalue weighted by Gasteiger charge is 2.18. The van der Waals surface area contributed by atoms with Crippen LogP contribution in [-0.2, 0) is 6.54 Å². The zero-order chi connectivity index (χ0) is 25.7. The fourth-order valence-electron chi connectivity index (χ4n) is 3.71. The third-order valence-electron chi connectivity index (χ3n) is 5.51. The molecule has 36 heavy (non-hydrogen) atoms. The molecule has 0 aliphatic rings. The molecule has 4 aromatic rings. The van der Waals surface area contributed by atoms with Gasteiger partial charge in [0.25, 0.3) is 5.91 Å². The standard InChI is InChI=1S/C27H22Cl2N4O3/c1-30-14-18-8-7-17(12-23(18)36-2)26-25(29)20(10-11-31-26)19-4-3-5-21(24(19)28)33-27(35)22-9-6-16(15-34)13-32-22/h3-13,15,30H,14H2,1-2H3,(H,33,35). The number of halogens is 2. The molecule has 0 saturated carbocycles. The van der Waals surface area contributed by atoms with E-state index in [2.05, 4.69) is 20.6 Å². The number of nitrogens with one attached hydrogen (secondary N) is 2. The summed E-state index contributed by atoms with van der Waals surface area (Å²) in [7, 11) is 3.49. The van der Waals surface area contributed by atoms with Gasteiger partial charge in [-0.05, 0) is 37.4 Å². The van der Waals surface area contributed by atoms with Crippen molar-refractivity contribution in [1.29, 1.82) is 0 Å². The lowest BCUT2D eigenvalue weighted by Gasteiger charge is -2.15. The lowest BCUT2D eigenvalue weighted by molar-refractivity contribution is 0.102. The van der Waals surface area contributed by atoms with E-state index in [1.165, 1.54) is 18.3 Å². The molecule has 0 bridgehead atoms. The molecule has 2 N–H and O–H groups in total. The normalized spacial score (nSPS) is 10.7. The lowest BCUT2D eigenvalue weighted by Crippen LogP contribution is -2.14. The molecule has 0 fully saturated rings. The monoisotopic (exact) mass is 520 g/mol. The maximum absolute atomic E-state index is 12.7. The predicted octanol–water partition coefficient (Wildman–Crippen LogP) is 5.91. The Balaban J connectivity index is 1.68. The van der Waals surface area contributed by atoms with Gasteiger partial charge in [-0.25, -0.2) is 0 Å². The fraction of sp³-hybridized carbons (Fsp3) is 0.111. The maximum Gasteiger partial charge on any atom is 0.274 e. The van der Waals surface area contributed by atoms with Gasteiger partial charge in [-0.2, -0.15) is 0 Å². The fourth-order valence-corrected chi connectivity index (χ4v) is 4.31. The molecule has 7 nitrogen and oxygen atoms in total. The Morgan fingerprint density at radius 2 is 1.83 bits per heavy atom. The number of pyridine rings is 2. The maximum atomic E-state index is 12.7. The number of aromatic nitrogens is 2. The van der Waals surface area contributed by atoms with E-state index in [4.69, 9.17) is 27.9 Å². The first-order chi connectivity index (χ1) is 17.5. The highest BCUT2D eigenvalue weighted by molar-refractivity contribution is 6.39. The largest absolute Gasteiger partial charge is 0.496 e. The molecule has 0 spiro atoms. The van der Waals surface area contributed by atoms with Crippen molar-refractivity contribution in [3.63, 3.8) is 0 Å². The second kappa shape index (κ2) is 11.3. The molecule has 0 aliphatic heterocycles. The van der Waals surface area contributed by atoms with Crippen LogP contribution in [0.2, 0.25) is 10.0 Å². The molecule has 9 heteroatoms. The summed E-state index contributed by atoms with van der Waals surface area (Å²) in [6.07, 6.45) is 3.65. The summed E-state index contributed by atoms with van der Waals surface area (Å²) >= 11 is 13.5. The Morgan fingerprint density at radius 1 is 1.03 bits per heavy atom. The number of hydrogen-bond acceptors (Lipinski definition) is 6. The van der Waals surface area contributed by atoms with Gasteiger partial charge in [0.2, 0.25) is 0 Å². The Labute approximate surface area is 218 Å². The van der Waals surface area contributed by atoms with E-state index >= 15 is 0 Å². The minimum atomic E-state index is -0.457. The summed E-state index contributed by atoms with van der Waals surface area (Å²) in [6.45, 7) is 0.662. The third-order valence-corrected chi connectivity index (χ3v) is 6.30. The summed E-state index contributed by atoms with van der Waals surface area (Å²) in [6, 6.07) is 15.8. The van der Waals surface area contributed by atoms with E-state index in [0.717, 1.165) is 16.9 Å². The molecule has 2 aromatic carbocycles. The van der Waals surface area contributed by atoms with Crippen molar-refractivity contribution >= 4 is 41.1 Å². The highest BCUT2D eigenvalue weighted by Crippen LogP contribution is 2.41. The average Bonchev–Trinajstić information content (AvgIpc) is 2.90. The number of rotatable bonds is 8. The van der Waals surface area contributed by atoms with Crippen LogP contribution < -0.4 is 15.4 Å². The predicted molar refractivity (Wildman–Crippen MR) is 142 cm³/mol. The molecule has 2 aromatic heterocycles. The van der Waals surface area contributed by atoms with Crippen molar-refractivity contribution < 1.29 is 14.3 Å². The third kappa shape index (κ3) is 5.23. The second-order valence-corrected chi connectivity index (χ2v) is 8.55. The van der Waals surface area contributed by atoms with E-state index in [9.17, 15) is 9.59 Å². The number of ether oxygens (including phenoxy) is 1. The second-order valence-electron chi connectivity index (χ2n) is 7.79. The van der Waals surface area contributed by atoms with Crippen LogP contribution in [0, 0.1) is 0 Å². The number of carbonyl (C=O) groups is 2. The Kier molecular flexibility index (Phi) is 7.95. The number of anilines is 1. The zero-order valence-corrected chi connectivity index (χ0v) is 21.0. The number of benzene rings is 2. The van der Waals surface area contributed by atoms with Crippen LogP contribution in [-0.4, -0.2) is 36.3 Å². The van der Waals surface area contributed by atoms with E-state index < -0.39 is 5.91 Å². The van der Waals surface area contributed by atoms with Gasteiger partial charge >= 0.3 is 0 Å². The van der Waals surface area contributed by atoms with Gasteiger partial charge in [-0.15, -0.1) is 0 Å². The minimum absolute atomic E-state index is 0.155. The molecule has 2 heterocycles. The van der Waals surface area contributed by atoms with Crippen LogP contribution in [0.25, 0.3) is 22.4 Å². The van der Waals surface area contributed by atoms with Gasteiger partial charge in [-0.3, -0.25) is 19.6 Å². The molecule has 0 saturated heterocycles. The van der Waals surface area contributed by atoms with Crippen LogP contribution >= 0.6 is 23.2 Å². The first-order valence-corrected chi connectivity index (χ1v) is 11.7. The SMILES string of the molecule is CNCc1ccc(-c2nccc(-c3cccc(NC(=O)c4ccc(C=O)cn4)c3Cl)c2Cl)cc1OC. The van der Waals surface area contributed by atoms with E-state index in [-0.39, 0.29) is 5.69 Å². The lowest BCUT2D eigenvalue weighted by atomic mass is 10.0. The first-order valence-electron chi connectivity index (χ1n) is 10.9. The van der Waals surface area contributed by atoms with E-state index in [0.29, 0.717) is 50.9 Å². The number of methoxy groups -OCH3 is 1. The van der Waals surface area contributed by atoms with E-state index in [1.54, 1.807) is 31.5 Å². The van der Waals surface area contributed by atoms with Gasteiger partial charge in [0.15, 0.2) is 6.29 Å². The minimum Gasteiger partial charge on any atom is -0.496 e. The molecule has 182 valence electrons. The molecule has 4 rings (SSSR count). The quantitative estimate of drug-likeness (QED) is 0.280. The number of aldehydes is 1. The highest BCUT2D eigenvalue weighted by atomic mass is 35.5. The van der Waals surface area contributed by atoms with Crippen LogP contribution in [0.4, 0.5) is 5.69 Å². The summed E-state index contributed by atoms with van der Waals surface area (Å²) in [5.41, 5.74) is 4.61. The Bertz CT molecular complexity index is 1430. The summed E-state index contributed by atoms with van der Waals surface area (Å²) in [5, 5.41) is 6.62. The van der Waals surface area contributed by atoms with Gasteiger partial charge in [-0.1, -0.05) is 47.5 Å². The van der Waals surface area contributed by atoms with Crippen molar-refractivity contribution in [1.82, 2.24) is 15.3 Å². The van der Waals surface area contributed by atoms with Crippen molar-refractivity contribution in [3.8, 4) is 28.1 Å². The number of nitrogens with zero attached hydrogens (tertiary/aromatic N) is 2. The molecule has 0 aliphatic carbocycles. The molecular weight excluding hydrogens is 499 g/mol. The van der Waals surface area contributed by atoms with Crippen molar-refractivity contribution in [2.75, 3.05) is 19.5 Å². The molecule has 1 amide bonds. The first kappa shape index (κ1) is 25.3. The van der Waals surface area contributed by atoms with Crippen LogP contribution in [0.5, 0.6) is 5.75 Å². The summed E-state index contributed by atoms with van der Waals surface area (Å²) in [5.74, 6) is 0.268. The smallest absolute Gasteiger partial charge is 0.274 e. The summed E-state index contributed by atoms with van der Waals surface area (Å²) in [4.78, 5) is 32.0. The van der Waals surface area contributed by atoms with Crippen LogP contribution in [0.1, 0.15) is 26.4 Å². The average molecular weight is 521 g/mol. The number of hydrogen-bond donors (Lipinski definition) is 2. The summed E-state index contributed by atoms with van der Waals surface area (Å²) < 4.78 is 5.54. The topological polar surface area (TPSA) is 93.2 Å². The van der Waals surface area contributed by atoms with Gasteiger partial charge in [0.1, 0.15) is 11.4 Å². The van der Waals surface area contributed by atoms with Gasteiger partial charge < -0.3 is 15.4 Å². The number of carbonyl (C=O) groups excluding carboxylic acids is 2. The van der Waals surface area contributed by atoms with Crippen LogP contribution in [0.15, 0.2) is 67.0 Å².